The van der Waals surface area contributed by atoms with Crippen LogP contribution in [-0.2, 0) is 0 Å². The molecule has 0 aromatic carbocycles. The van der Waals surface area contributed by atoms with Gasteiger partial charge in [-0.3, -0.25) is 16.3 Å². The Morgan fingerprint density at radius 1 is 1.69 bits per heavy atom. The summed E-state index contributed by atoms with van der Waals surface area (Å²) in [6, 6.07) is 3.87. The van der Waals surface area contributed by atoms with Crippen molar-refractivity contribution in [3.05, 3.63) is 24.0 Å². The molecule has 1 aliphatic rings. The Labute approximate surface area is 99.9 Å². The van der Waals surface area contributed by atoms with Gasteiger partial charge in [0.05, 0.1) is 13.2 Å². The van der Waals surface area contributed by atoms with Crippen molar-refractivity contribution in [2.75, 3.05) is 12.9 Å². The average Bonchev–Trinajstić information content (AvgIpc) is 2.84. The van der Waals surface area contributed by atoms with E-state index in [1.807, 2.05) is 23.9 Å². The van der Waals surface area contributed by atoms with E-state index in [0.717, 1.165) is 11.4 Å². The summed E-state index contributed by atoms with van der Waals surface area (Å²) in [4.78, 5) is 4.38. The molecule has 5 heteroatoms. The first kappa shape index (κ1) is 11.7. The number of nitrogens with one attached hydrogen (secondary N) is 1. The monoisotopic (exact) mass is 239 g/mol. The fraction of sp³-hybridized carbons (Fsp3) is 0.545. The maximum absolute atomic E-state index is 5.65. The molecule has 2 rings (SSSR count). The van der Waals surface area contributed by atoms with E-state index in [-0.39, 0.29) is 6.04 Å². The van der Waals surface area contributed by atoms with Gasteiger partial charge in [-0.25, -0.2) is 0 Å². The maximum Gasteiger partial charge on any atom is 0.142 e. The summed E-state index contributed by atoms with van der Waals surface area (Å²) in [6.45, 7) is 0. The number of hydrogen-bond donors (Lipinski definition) is 2. The highest BCUT2D eigenvalue weighted by molar-refractivity contribution is 8.00. The number of rotatable bonds is 4. The molecule has 0 radical (unpaired) electrons. The SMILES string of the molecule is COc1cccnc1C(NN)C1CCCS1. The van der Waals surface area contributed by atoms with Crippen molar-refractivity contribution < 1.29 is 4.74 Å². The lowest BCUT2D eigenvalue weighted by Gasteiger charge is -2.22. The Morgan fingerprint density at radius 3 is 3.19 bits per heavy atom. The van der Waals surface area contributed by atoms with Crippen molar-refractivity contribution in [2.45, 2.75) is 24.1 Å². The summed E-state index contributed by atoms with van der Waals surface area (Å²) in [5.41, 5.74) is 3.78. The molecule has 4 nitrogen and oxygen atoms in total. The van der Waals surface area contributed by atoms with Gasteiger partial charge in [-0.1, -0.05) is 0 Å². The minimum atomic E-state index is 0.0728. The average molecular weight is 239 g/mol. The van der Waals surface area contributed by atoms with Crippen LogP contribution in [0.25, 0.3) is 0 Å². The molecule has 88 valence electrons. The van der Waals surface area contributed by atoms with Crippen LogP contribution in [-0.4, -0.2) is 23.1 Å². The van der Waals surface area contributed by atoms with Crippen molar-refractivity contribution in [1.82, 2.24) is 10.4 Å². The van der Waals surface area contributed by atoms with Crippen molar-refractivity contribution >= 4 is 11.8 Å². The Hall–Kier alpha value is -0.780. The number of methoxy groups -OCH3 is 1. The number of ether oxygens (including phenoxy) is 1. The third-order valence-electron chi connectivity index (χ3n) is 2.83. The predicted octanol–water partition coefficient (Wildman–Crippen LogP) is 1.49. The smallest absolute Gasteiger partial charge is 0.142 e. The molecule has 0 aliphatic carbocycles. The van der Waals surface area contributed by atoms with E-state index in [0.29, 0.717) is 5.25 Å². The Morgan fingerprint density at radius 2 is 2.56 bits per heavy atom. The summed E-state index contributed by atoms with van der Waals surface area (Å²) < 4.78 is 5.32. The number of nitrogens with zero attached hydrogens (tertiary/aromatic N) is 1. The van der Waals surface area contributed by atoms with E-state index in [1.54, 1.807) is 13.3 Å². The van der Waals surface area contributed by atoms with Gasteiger partial charge in [0, 0.05) is 11.4 Å². The van der Waals surface area contributed by atoms with Gasteiger partial charge in [0.1, 0.15) is 11.4 Å². The number of thioether (sulfide) groups is 1. The minimum Gasteiger partial charge on any atom is -0.495 e. The zero-order valence-electron chi connectivity index (χ0n) is 9.35. The van der Waals surface area contributed by atoms with E-state index in [4.69, 9.17) is 10.6 Å². The van der Waals surface area contributed by atoms with Crippen LogP contribution in [0.4, 0.5) is 0 Å². The lowest BCUT2D eigenvalue weighted by Crippen LogP contribution is -2.35. The van der Waals surface area contributed by atoms with E-state index >= 15 is 0 Å². The van der Waals surface area contributed by atoms with E-state index < -0.39 is 0 Å². The van der Waals surface area contributed by atoms with Gasteiger partial charge in [0.15, 0.2) is 0 Å². The van der Waals surface area contributed by atoms with Gasteiger partial charge in [0.2, 0.25) is 0 Å². The summed E-state index contributed by atoms with van der Waals surface area (Å²) in [6.07, 6.45) is 4.21. The van der Waals surface area contributed by atoms with Gasteiger partial charge >= 0.3 is 0 Å². The molecule has 16 heavy (non-hydrogen) atoms. The third-order valence-corrected chi connectivity index (χ3v) is 4.29. The van der Waals surface area contributed by atoms with Crippen LogP contribution in [0.5, 0.6) is 5.75 Å². The molecule has 0 amide bonds. The van der Waals surface area contributed by atoms with Gasteiger partial charge < -0.3 is 4.74 Å². The van der Waals surface area contributed by atoms with Gasteiger partial charge in [-0.2, -0.15) is 11.8 Å². The first-order valence-electron chi connectivity index (χ1n) is 5.43. The van der Waals surface area contributed by atoms with Crippen LogP contribution in [0.2, 0.25) is 0 Å². The number of hydrazine groups is 1. The lowest BCUT2D eigenvalue weighted by atomic mass is 10.1. The number of aromatic nitrogens is 1. The summed E-state index contributed by atoms with van der Waals surface area (Å²) in [7, 11) is 1.66. The highest BCUT2D eigenvalue weighted by atomic mass is 32.2. The molecule has 2 atom stereocenters. The Kier molecular flexibility index (Phi) is 4.04. The molecule has 1 aromatic rings. The lowest BCUT2D eigenvalue weighted by molar-refractivity contribution is 0.391. The van der Waals surface area contributed by atoms with Crippen LogP contribution >= 0.6 is 11.8 Å². The third kappa shape index (κ3) is 2.31. The second-order valence-electron chi connectivity index (χ2n) is 3.79. The summed E-state index contributed by atoms with van der Waals surface area (Å²) >= 11 is 1.95. The largest absolute Gasteiger partial charge is 0.495 e. The molecule has 0 saturated carbocycles. The van der Waals surface area contributed by atoms with Crippen molar-refractivity contribution in [3.63, 3.8) is 0 Å². The number of pyridine rings is 1. The van der Waals surface area contributed by atoms with Crippen LogP contribution < -0.4 is 16.0 Å². The number of nitrogens with two attached hydrogens (primary N) is 1. The molecule has 0 spiro atoms. The van der Waals surface area contributed by atoms with E-state index in [2.05, 4.69) is 10.4 Å². The molecule has 0 bridgehead atoms. The zero-order chi connectivity index (χ0) is 11.4. The highest BCUT2D eigenvalue weighted by Crippen LogP contribution is 2.37. The van der Waals surface area contributed by atoms with E-state index in [9.17, 15) is 0 Å². The van der Waals surface area contributed by atoms with Crippen molar-refractivity contribution in [3.8, 4) is 5.75 Å². The Balaban J connectivity index is 2.24. The molecule has 1 fully saturated rings. The quantitative estimate of drug-likeness (QED) is 0.616. The molecular weight excluding hydrogens is 222 g/mol. The van der Waals surface area contributed by atoms with Crippen LogP contribution in [0.15, 0.2) is 18.3 Å². The molecule has 1 saturated heterocycles. The summed E-state index contributed by atoms with van der Waals surface area (Å²) in [5, 5.41) is 0.494. The van der Waals surface area contributed by atoms with Crippen molar-refractivity contribution in [1.29, 1.82) is 0 Å². The normalized spacial score (nSPS) is 22.0. The zero-order valence-corrected chi connectivity index (χ0v) is 10.2. The second-order valence-corrected chi connectivity index (χ2v) is 5.13. The van der Waals surface area contributed by atoms with Crippen LogP contribution in [0, 0.1) is 0 Å². The first-order chi connectivity index (χ1) is 7.86. The van der Waals surface area contributed by atoms with Crippen LogP contribution in [0.3, 0.4) is 0 Å². The maximum atomic E-state index is 5.65. The highest BCUT2D eigenvalue weighted by Gasteiger charge is 2.29. The second kappa shape index (κ2) is 5.52. The first-order valence-corrected chi connectivity index (χ1v) is 6.48. The topological polar surface area (TPSA) is 60.2 Å². The van der Waals surface area contributed by atoms with Crippen LogP contribution in [0.1, 0.15) is 24.6 Å². The molecular formula is C11H17N3OS. The molecule has 3 N–H and O–H groups in total. The van der Waals surface area contributed by atoms with Crippen molar-refractivity contribution in [2.24, 2.45) is 5.84 Å². The van der Waals surface area contributed by atoms with E-state index in [1.165, 1.54) is 18.6 Å². The molecule has 2 unspecified atom stereocenters. The molecule has 1 aromatic heterocycles. The Bertz CT molecular complexity index is 342. The standard InChI is InChI=1S/C11H17N3OS/c1-15-8-4-2-6-13-10(8)11(14-12)9-5-3-7-16-9/h2,4,6,9,11,14H,3,5,7,12H2,1H3. The predicted molar refractivity (Wildman–Crippen MR) is 66.3 cm³/mol. The van der Waals surface area contributed by atoms with Gasteiger partial charge in [-0.15, -0.1) is 0 Å². The van der Waals surface area contributed by atoms with Gasteiger partial charge in [-0.05, 0) is 30.7 Å². The van der Waals surface area contributed by atoms with Gasteiger partial charge in [0.25, 0.3) is 0 Å². The molecule has 1 aliphatic heterocycles. The fourth-order valence-corrected chi connectivity index (χ4v) is 3.41. The molecule has 2 heterocycles. The number of hydrogen-bond acceptors (Lipinski definition) is 5. The minimum absolute atomic E-state index is 0.0728. The summed E-state index contributed by atoms with van der Waals surface area (Å²) in [5.74, 6) is 7.66. The fourth-order valence-electron chi connectivity index (χ4n) is 2.04.